The van der Waals surface area contributed by atoms with Crippen molar-refractivity contribution in [3.05, 3.63) is 36.5 Å². The number of aliphatic hydroxyl groups is 3. The second kappa shape index (κ2) is 6.64. The fourth-order valence-corrected chi connectivity index (χ4v) is 4.29. The van der Waals surface area contributed by atoms with Crippen molar-refractivity contribution in [2.45, 2.75) is 50.3 Å². The number of aliphatic hydroxyl groups excluding tert-OH is 3. The molecule has 0 aromatic heterocycles. The molecule has 8 unspecified atom stereocenters. The summed E-state index contributed by atoms with van der Waals surface area (Å²) >= 11 is 0. The number of fused-ring (bicyclic) bond motifs is 3. The number of carbonyl (C=O) groups excluding carboxylic acids is 2. The van der Waals surface area contributed by atoms with E-state index in [1.165, 1.54) is 6.92 Å². The van der Waals surface area contributed by atoms with Crippen LogP contribution in [0.4, 0.5) is 0 Å². The van der Waals surface area contributed by atoms with Gasteiger partial charge in [0.15, 0.2) is 6.10 Å². The summed E-state index contributed by atoms with van der Waals surface area (Å²) in [5.41, 5.74) is 1.52. The molecular formula is C19H24O7. The van der Waals surface area contributed by atoms with Crippen molar-refractivity contribution in [3.8, 4) is 0 Å². The molecule has 0 aromatic rings. The fourth-order valence-electron chi connectivity index (χ4n) is 4.29. The Morgan fingerprint density at radius 1 is 1.27 bits per heavy atom. The zero-order chi connectivity index (χ0) is 19.3. The lowest BCUT2D eigenvalue weighted by Gasteiger charge is -2.28. The molecule has 8 atom stereocenters. The van der Waals surface area contributed by atoms with E-state index in [2.05, 4.69) is 19.7 Å². The van der Waals surface area contributed by atoms with Crippen molar-refractivity contribution in [1.29, 1.82) is 0 Å². The highest BCUT2D eigenvalue weighted by molar-refractivity contribution is 5.91. The molecular weight excluding hydrogens is 340 g/mol. The maximum absolute atomic E-state index is 12.1. The molecule has 0 radical (unpaired) electrons. The molecule has 2 saturated carbocycles. The van der Waals surface area contributed by atoms with Crippen LogP contribution in [0.1, 0.15) is 19.8 Å². The monoisotopic (exact) mass is 364 g/mol. The summed E-state index contributed by atoms with van der Waals surface area (Å²) in [6.07, 6.45) is -4.47. The Bertz CT molecular complexity index is 679. The molecule has 3 fully saturated rings. The predicted octanol–water partition coefficient (Wildman–Crippen LogP) is 0.251. The van der Waals surface area contributed by atoms with Crippen LogP contribution in [0, 0.1) is 17.8 Å². The Morgan fingerprint density at radius 2 is 1.92 bits per heavy atom. The fraction of sp³-hybridized carbons (Fsp3) is 0.579. The van der Waals surface area contributed by atoms with Gasteiger partial charge >= 0.3 is 11.9 Å². The minimum absolute atomic E-state index is 0.144. The van der Waals surface area contributed by atoms with Gasteiger partial charge in [0.2, 0.25) is 0 Å². The topological polar surface area (TPSA) is 113 Å². The van der Waals surface area contributed by atoms with Crippen LogP contribution < -0.4 is 0 Å². The highest BCUT2D eigenvalue weighted by Crippen LogP contribution is 2.52. The van der Waals surface area contributed by atoms with E-state index < -0.39 is 48.4 Å². The van der Waals surface area contributed by atoms with Crippen LogP contribution in [-0.4, -0.2) is 57.8 Å². The maximum Gasteiger partial charge on any atom is 0.337 e. The quantitative estimate of drug-likeness (QED) is 0.374. The highest BCUT2D eigenvalue weighted by Gasteiger charge is 2.56. The van der Waals surface area contributed by atoms with Crippen LogP contribution >= 0.6 is 0 Å². The van der Waals surface area contributed by atoms with Gasteiger partial charge in [0.05, 0.1) is 18.1 Å². The molecule has 7 heteroatoms. The van der Waals surface area contributed by atoms with Crippen LogP contribution in [0.25, 0.3) is 0 Å². The van der Waals surface area contributed by atoms with E-state index in [-0.39, 0.29) is 23.8 Å². The molecule has 3 aliphatic rings. The van der Waals surface area contributed by atoms with Crippen LogP contribution in [0.15, 0.2) is 36.5 Å². The highest BCUT2D eigenvalue weighted by atomic mass is 16.6. The van der Waals surface area contributed by atoms with Gasteiger partial charge in [-0.1, -0.05) is 25.3 Å². The first-order valence-electron chi connectivity index (χ1n) is 8.64. The summed E-state index contributed by atoms with van der Waals surface area (Å²) in [6.45, 7) is 13.1. The molecule has 1 aliphatic heterocycles. The molecule has 3 rings (SSSR count). The summed E-state index contributed by atoms with van der Waals surface area (Å²) < 4.78 is 10.9. The first-order valence-corrected chi connectivity index (χ1v) is 8.64. The van der Waals surface area contributed by atoms with E-state index in [9.17, 15) is 24.9 Å². The molecule has 0 aromatic carbocycles. The summed E-state index contributed by atoms with van der Waals surface area (Å²) in [6, 6.07) is 0. The third-order valence-corrected chi connectivity index (χ3v) is 5.74. The van der Waals surface area contributed by atoms with Gasteiger partial charge in [-0.2, -0.15) is 0 Å². The van der Waals surface area contributed by atoms with E-state index in [1.54, 1.807) is 0 Å². The predicted molar refractivity (Wildman–Crippen MR) is 90.6 cm³/mol. The van der Waals surface area contributed by atoms with Crippen molar-refractivity contribution in [3.63, 3.8) is 0 Å². The Morgan fingerprint density at radius 3 is 2.54 bits per heavy atom. The molecule has 0 spiro atoms. The van der Waals surface area contributed by atoms with Gasteiger partial charge in [-0.25, -0.2) is 9.59 Å². The smallest absolute Gasteiger partial charge is 0.337 e. The number of esters is 2. The van der Waals surface area contributed by atoms with Gasteiger partial charge in [0, 0.05) is 17.9 Å². The number of hydrogen-bond acceptors (Lipinski definition) is 7. The lowest BCUT2D eigenvalue weighted by molar-refractivity contribution is -0.167. The van der Waals surface area contributed by atoms with Crippen molar-refractivity contribution in [2.24, 2.45) is 17.8 Å². The number of ether oxygens (including phenoxy) is 2. The van der Waals surface area contributed by atoms with Crippen molar-refractivity contribution >= 4 is 11.9 Å². The third-order valence-electron chi connectivity index (χ3n) is 5.74. The number of rotatable bonds is 3. The van der Waals surface area contributed by atoms with Crippen LogP contribution in [0.2, 0.25) is 0 Å². The molecule has 1 saturated heterocycles. The minimum Gasteiger partial charge on any atom is -0.459 e. The molecule has 26 heavy (non-hydrogen) atoms. The zero-order valence-corrected chi connectivity index (χ0v) is 14.6. The van der Waals surface area contributed by atoms with E-state index in [0.29, 0.717) is 12.0 Å². The van der Waals surface area contributed by atoms with Gasteiger partial charge in [0.25, 0.3) is 0 Å². The first kappa shape index (κ1) is 18.8. The van der Waals surface area contributed by atoms with E-state index in [0.717, 1.165) is 5.57 Å². The molecule has 3 N–H and O–H groups in total. The molecule has 1 heterocycles. The summed E-state index contributed by atoms with van der Waals surface area (Å²) in [4.78, 5) is 24.3. The Kier molecular flexibility index (Phi) is 4.81. The first-order chi connectivity index (χ1) is 12.1. The average molecular weight is 364 g/mol. The van der Waals surface area contributed by atoms with Gasteiger partial charge in [-0.15, -0.1) is 0 Å². The van der Waals surface area contributed by atoms with Gasteiger partial charge < -0.3 is 24.8 Å². The lowest BCUT2D eigenvalue weighted by atomic mass is 9.81. The second-order valence-electron chi connectivity index (χ2n) is 7.40. The third kappa shape index (κ3) is 2.90. The Hall–Kier alpha value is -1.96. The van der Waals surface area contributed by atoms with Crippen molar-refractivity contribution in [2.75, 3.05) is 0 Å². The number of carbonyl (C=O) groups is 2. The Balaban J connectivity index is 1.93. The molecule has 0 amide bonds. The van der Waals surface area contributed by atoms with Crippen LogP contribution in [0.3, 0.4) is 0 Å². The van der Waals surface area contributed by atoms with Crippen molar-refractivity contribution in [1.82, 2.24) is 0 Å². The van der Waals surface area contributed by atoms with Gasteiger partial charge in [0.1, 0.15) is 12.2 Å². The molecule has 7 nitrogen and oxygen atoms in total. The van der Waals surface area contributed by atoms with E-state index in [4.69, 9.17) is 9.47 Å². The Labute approximate surface area is 151 Å². The van der Waals surface area contributed by atoms with E-state index in [1.807, 2.05) is 0 Å². The zero-order valence-electron chi connectivity index (χ0n) is 14.6. The maximum atomic E-state index is 12.1. The number of hydrogen-bond donors (Lipinski definition) is 3. The van der Waals surface area contributed by atoms with Crippen molar-refractivity contribution < 1.29 is 34.4 Å². The second-order valence-corrected chi connectivity index (χ2v) is 7.40. The normalized spacial score (nSPS) is 38.9. The average Bonchev–Trinajstić information content (AvgIpc) is 2.99. The van der Waals surface area contributed by atoms with Crippen LogP contribution in [0.5, 0.6) is 0 Å². The molecule has 142 valence electrons. The summed E-state index contributed by atoms with van der Waals surface area (Å²) in [5, 5.41) is 29.3. The molecule has 0 bridgehead atoms. The standard InChI is InChI=1S/C19H24O7/c1-7-5-13(25-19(24)16(22)10(4)20)15-9(3)18(23)26-17(15)14-8(2)12(21)6-11(7)14/h10-17,20-22H,1-3,5-6H2,4H3. The SMILES string of the molecule is C=C1CC(OC(=O)C(O)C(C)O)C2C(=C)C(=O)OC2C2C(=C)C(O)CC12. The lowest BCUT2D eigenvalue weighted by Crippen LogP contribution is -2.40. The summed E-state index contributed by atoms with van der Waals surface area (Å²) in [5.74, 6) is -2.64. The largest absolute Gasteiger partial charge is 0.459 e. The van der Waals surface area contributed by atoms with Crippen LogP contribution in [-0.2, 0) is 19.1 Å². The molecule has 2 aliphatic carbocycles. The van der Waals surface area contributed by atoms with E-state index >= 15 is 0 Å². The summed E-state index contributed by atoms with van der Waals surface area (Å²) in [7, 11) is 0. The minimum atomic E-state index is -1.69. The van der Waals surface area contributed by atoms with Gasteiger partial charge in [-0.3, -0.25) is 0 Å². The van der Waals surface area contributed by atoms with Gasteiger partial charge in [-0.05, 0) is 24.8 Å².